The summed E-state index contributed by atoms with van der Waals surface area (Å²) in [7, 11) is 1.81. The second-order valence-electron chi connectivity index (χ2n) is 7.97. The molecule has 8 heteroatoms. The molecule has 1 N–H and O–H groups in total. The topological polar surface area (TPSA) is 76.5 Å². The van der Waals surface area contributed by atoms with Gasteiger partial charge >= 0.3 is 0 Å². The number of carbonyl (C=O) groups excluding carboxylic acids is 2. The molecule has 1 saturated heterocycles. The lowest BCUT2D eigenvalue weighted by Gasteiger charge is -2.43. The number of hydrogen-bond acceptors (Lipinski definition) is 5. The molecule has 2 aromatic heterocycles. The van der Waals surface area contributed by atoms with Crippen molar-refractivity contribution in [3.05, 3.63) is 39.3 Å². The van der Waals surface area contributed by atoms with Crippen LogP contribution in [0.2, 0.25) is 0 Å². The number of amides is 2. The molecule has 0 radical (unpaired) electrons. The van der Waals surface area contributed by atoms with Crippen molar-refractivity contribution < 1.29 is 14.3 Å². The molecule has 0 atom stereocenters. The lowest BCUT2D eigenvalue weighted by atomic mass is 9.85. The van der Waals surface area contributed by atoms with Gasteiger partial charge in [-0.05, 0) is 49.8 Å². The molecule has 28 heavy (non-hydrogen) atoms. The fourth-order valence-electron chi connectivity index (χ4n) is 4.15. The van der Waals surface area contributed by atoms with E-state index in [-0.39, 0.29) is 17.4 Å². The third kappa shape index (κ3) is 3.14. The van der Waals surface area contributed by atoms with Gasteiger partial charge in [0.15, 0.2) is 0 Å². The molecule has 2 aromatic rings. The zero-order chi connectivity index (χ0) is 19.3. The molecule has 2 fully saturated rings. The lowest BCUT2D eigenvalue weighted by molar-refractivity contribution is -0.0906. The summed E-state index contributed by atoms with van der Waals surface area (Å²) in [5, 5.41) is 7.31. The van der Waals surface area contributed by atoms with E-state index in [4.69, 9.17) is 4.74 Å². The number of fused-ring (bicyclic) bond motifs is 2. The van der Waals surface area contributed by atoms with Gasteiger partial charge in [-0.2, -0.15) is 5.10 Å². The molecular weight excluding hydrogens is 376 g/mol. The molecule has 1 spiro atoms. The summed E-state index contributed by atoms with van der Waals surface area (Å²) < 4.78 is 7.93. The molecule has 1 aliphatic carbocycles. The van der Waals surface area contributed by atoms with Crippen molar-refractivity contribution in [1.82, 2.24) is 20.0 Å². The van der Waals surface area contributed by atoms with E-state index >= 15 is 0 Å². The Kier molecular flexibility index (Phi) is 4.28. The molecule has 3 aliphatic rings. The number of nitrogens with zero attached hydrogens (tertiary/aromatic N) is 3. The zero-order valence-electron chi connectivity index (χ0n) is 15.9. The van der Waals surface area contributed by atoms with Gasteiger partial charge in [-0.25, -0.2) is 0 Å². The normalized spacial score (nSPS) is 20.8. The number of hydrogen-bond donors (Lipinski definition) is 1. The van der Waals surface area contributed by atoms with Crippen molar-refractivity contribution in [1.29, 1.82) is 0 Å². The van der Waals surface area contributed by atoms with Crippen molar-refractivity contribution in [2.24, 2.45) is 7.05 Å². The Hall–Kier alpha value is -2.19. The lowest BCUT2D eigenvalue weighted by Crippen LogP contribution is -2.48. The monoisotopic (exact) mass is 400 g/mol. The minimum Gasteiger partial charge on any atom is -0.369 e. The van der Waals surface area contributed by atoms with E-state index in [1.54, 1.807) is 28.3 Å². The van der Waals surface area contributed by atoms with E-state index in [2.05, 4.69) is 10.4 Å². The number of carbonyl (C=O) groups is 2. The molecule has 5 rings (SSSR count). The van der Waals surface area contributed by atoms with Gasteiger partial charge in [0.05, 0.1) is 11.5 Å². The minimum absolute atomic E-state index is 0.0258. The number of thiophene rings is 1. The Morgan fingerprint density at radius 2 is 2.11 bits per heavy atom. The molecule has 7 nitrogen and oxygen atoms in total. The number of aromatic nitrogens is 2. The summed E-state index contributed by atoms with van der Waals surface area (Å²) in [6.45, 7) is 1.94. The van der Waals surface area contributed by atoms with Crippen LogP contribution in [0, 0.1) is 0 Å². The number of piperidine rings is 1. The number of likely N-dealkylation sites (tertiary alicyclic amines) is 1. The maximum atomic E-state index is 12.7. The smallest absolute Gasteiger partial charge is 0.274 e. The Morgan fingerprint density at radius 1 is 1.32 bits per heavy atom. The predicted molar refractivity (Wildman–Crippen MR) is 104 cm³/mol. The van der Waals surface area contributed by atoms with Crippen LogP contribution in [-0.4, -0.2) is 52.2 Å². The molecule has 0 aromatic carbocycles. The SMILES string of the molecule is Cn1ccc(C(=O)N2CCC3(CC2)OCCc2cc(C(=O)NC4CC4)sc23)n1. The van der Waals surface area contributed by atoms with Crippen molar-refractivity contribution in [3.63, 3.8) is 0 Å². The van der Waals surface area contributed by atoms with Crippen LogP contribution in [-0.2, 0) is 23.8 Å². The second-order valence-corrected chi connectivity index (χ2v) is 9.02. The van der Waals surface area contributed by atoms with Crippen molar-refractivity contribution in [3.8, 4) is 0 Å². The molecule has 1 saturated carbocycles. The van der Waals surface area contributed by atoms with Crippen LogP contribution in [0.4, 0.5) is 0 Å². The average Bonchev–Trinajstić information content (AvgIpc) is 3.21. The quantitative estimate of drug-likeness (QED) is 0.856. The Bertz CT molecular complexity index is 922. The third-order valence-corrected chi connectivity index (χ3v) is 7.26. The number of rotatable bonds is 3. The highest BCUT2D eigenvalue weighted by Gasteiger charge is 2.44. The van der Waals surface area contributed by atoms with Crippen LogP contribution < -0.4 is 5.32 Å². The molecule has 4 heterocycles. The number of ether oxygens (including phenoxy) is 1. The van der Waals surface area contributed by atoms with Gasteiger partial charge in [-0.15, -0.1) is 11.3 Å². The molecule has 148 valence electrons. The molecule has 2 aliphatic heterocycles. The van der Waals surface area contributed by atoms with Crippen LogP contribution in [0.15, 0.2) is 18.3 Å². The summed E-state index contributed by atoms with van der Waals surface area (Å²) in [6, 6.07) is 4.16. The summed E-state index contributed by atoms with van der Waals surface area (Å²) in [5.41, 5.74) is 1.36. The maximum absolute atomic E-state index is 12.7. The standard InChI is InChI=1S/C20H24N4O3S/c1-23-8-4-15(22-23)19(26)24-9-6-20(7-10-24)17-13(5-11-27-20)12-16(28-17)18(25)21-14-2-3-14/h4,8,12,14H,2-3,5-7,9-11H2,1H3,(H,21,25). The molecule has 0 unspecified atom stereocenters. The van der Waals surface area contributed by atoms with Gasteiger partial charge in [-0.3, -0.25) is 14.3 Å². The van der Waals surface area contributed by atoms with E-state index < -0.39 is 0 Å². The number of nitrogens with one attached hydrogen (secondary N) is 1. The van der Waals surface area contributed by atoms with E-state index in [1.807, 2.05) is 18.0 Å². The highest BCUT2D eigenvalue weighted by atomic mass is 32.1. The van der Waals surface area contributed by atoms with Gasteiger partial charge in [0, 0.05) is 37.3 Å². The van der Waals surface area contributed by atoms with Gasteiger partial charge in [0.25, 0.3) is 11.8 Å². The minimum atomic E-state index is -0.364. The van der Waals surface area contributed by atoms with Gasteiger partial charge < -0.3 is 15.0 Å². The van der Waals surface area contributed by atoms with Crippen molar-refractivity contribution in [2.45, 2.75) is 43.7 Å². The van der Waals surface area contributed by atoms with Crippen LogP contribution >= 0.6 is 11.3 Å². The first-order valence-corrected chi connectivity index (χ1v) is 10.7. The first-order valence-electron chi connectivity index (χ1n) is 9.91. The average molecular weight is 401 g/mol. The Morgan fingerprint density at radius 3 is 2.79 bits per heavy atom. The van der Waals surface area contributed by atoms with E-state index in [9.17, 15) is 9.59 Å². The number of aryl methyl sites for hydroxylation is 1. The van der Waals surface area contributed by atoms with Crippen LogP contribution in [0.3, 0.4) is 0 Å². The largest absolute Gasteiger partial charge is 0.369 e. The first kappa shape index (κ1) is 17.9. The highest BCUT2D eigenvalue weighted by Crippen LogP contribution is 2.45. The maximum Gasteiger partial charge on any atom is 0.274 e. The predicted octanol–water partition coefficient (Wildman–Crippen LogP) is 2.08. The highest BCUT2D eigenvalue weighted by molar-refractivity contribution is 7.14. The second kappa shape index (κ2) is 6.70. The van der Waals surface area contributed by atoms with E-state index in [1.165, 1.54) is 10.4 Å². The summed E-state index contributed by atoms with van der Waals surface area (Å²) in [4.78, 5) is 29.0. The summed E-state index contributed by atoms with van der Waals surface area (Å²) in [5.74, 6) is 0.0157. The van der Waals surface area contributed by atoms with E-state index in [0.717, 1.165) is 37.0 Å². The van der Waals surface area contributed by atoms with Crippen LogP contribution in [0.25, 0.3) is 0 Å². The Labute approximate surface area is 167 Å². The van der Waals surface area contributed by atoms with Crippen LogP contribution in [0.5, 0.6) is 0 Å². The van der Waals surface area contributed by atoms with Crippen molar-refractivity contribution in [2.75, 3.05) is 19.7 Å². The first-order chi connectivity index (χ1) is 13.5. The third-order valence-electron chi connectivity index (χ3n) is 5.90. The summed E-state index contributed by atoms with van der Waals surface area (Å²) >= 11 is 1.57. The fourth-order valence-corrected chi connectivity index (χ4v) is 5.47. The Balaban J connectivity index is 1.33. The van der Waals surface area contributed by atoms with Gasteiger partial charge in [0.1, 0.15) is 11.3 Å². The molecule has 0 bridgehead atoms. The van der Waals surface area contributed by atoms with Gasteiger partial charge in [-0.1, -0.05) is 0 Å². The fraction of sp³-hybridized carbons (Fsp3) is 0.550. The van der Waals surface area contributed by atoms with E-state index in [0.29, 0.717) is 31.4 Å². The molecule has 2 amide bonds. The zero-order valence-corrected chi connectivity index (χ0v) is 16.8. The van der Waals surface area contributed by atoms with Crippen LogP contribution in [0.1, 0.15) is 56.3 Å². The summed E-state index contributed by atoms with van der Waals surface area (Å²) in [6.07, 6.45) is 6.31. The molecular formula is C20H24N4O3S. The van der Waals surface area contributed by atoms with Crippen molar-refractivity contribution >= 4 is 23.2 Å². The van der Waals surface area contributed by atoms with Gasteiger partial charge in [0.2, 0.25) is 0 Å².